The van der Waals surface area contributed by atoms with E-state index in [0.29, 0.717) is 18.7 Å². The van der Waals surface area contributed by atoms with Crippen molar-refractivity contribution in [1.82, 2.24) is 4.90 Å². The summed E-state index contributed by atoms with van der Waals surface area (Å²) in [4.78, 5) is 15.7. The summed E-state index contributed by atoms with van der Waals surface area (Å²) in [5.41, 5.74) is 2.13. The Balaban J connectivity index is 1.62. The summed E-state index contributed by atoms with van der Waals surface area (Å²) in [5, 5.41) is 1.97. The quantitative estimate of drug-likeness (QED) is 0.616. The molecule has 1 amide bonds. The van der Waals surface area contributed by atoms with Gasteiger partial charge in [-0.25, -0.2) is 8.42 Å². The highest BCUT2D eigenvalue weighted by atomic mass is 32.2. The van der Waals surface area contributed by atoms with Gasteiger partial charge in [-0.15, -0.1) is 11.3 Å². The van der Waals surface area contributed by atoms with E-state index in [2.05, 4.69) is 0 Å². The fourth-order valence-electron chi connectivity index (χ4n) is 3.59. The first kappa shape index (κ1) is 19.7. The molecule has 1 aliphatic heterocycles. The maximum Gasteiger partial charge on any atom is 0.264 e. The van der Waals surface area contributed by atoms with Crippen molar-refractivity contribution in [3.8, 4) is 0 Å². The SMILES string of the molecule is CN(Cc1cccs1)C(=O)c1cccc(S(=O)(=O)N2CCCc3ccccc32)c1. The molecule has 0 N–H and O–H groups in total. The van der Waals surface area contributed by atoms with E-state index in [4.69, 9.17) is 0 Å². The van der Waals surface area contributed by atoms with Crippen LogP contribution < -0.4 is 4.31 Å². The fourth-order valence-corrected chi connectivity index (χ4v) is 5.94. The van der Waals surface area contributed by atoms with Crippen molar-refractivity contribution in [1.29, 1.82) is 0 Å². The number of amides is 1. The van der Waals surface area contributed by atoms with Crippen molar-refractivity contribution in [3.63, 3.8) is 0 Å². The Morgan fingerprint density at radius 3 is 2.72 bits per heavy atom. The van der Waals surface area contributed by atoms with Crippen LogP contribution in [0.4, 0.5) is 5.69 Å². The molecule has 2 aromatic carbocycles. The largest absolute Gasteiger partial charge is 0.337 e. The molecule has 2 heterocycles. The molecule has 0 saturated carbocycles. The molecule has 0 saturated heterocycles. The number of hydrogen-bond acceptors (Lipinski definition) is 4. The van der Waals surface area contributed by atoms with E-state index >= 15 is 0 Å². The summed E-state index contributed by atoms with van der Waals surface area (Å²) < 4.78 is 28.2. The minimum atomic E-state index is -3.74. The van der Waals surface area contributed by atoms with Crippen molar-refractivity contribution in [3.05, 3.63) is 82.0 Å². The number of carbonyl (C=O) groups is 1. The molecule has 4 rings (SSSR count). The zero-order valence-corrected chi connectivity index (χ0v) is 17.7. The topological polar surface area (TPSA) is 57.7 Å². The molecule has 1 aromatic heterocycles. The Morgan fingerprint density at radius 2 is 1.93 bits per heavy atom. The number of anilines is 1. The average Bonchev–Trinajstić information content (AvgIpc) is 3.25. The molecule has 5 nitrogen and oxygen atoms in total. The number of sulfonamides is 1. The molecule has 0 spiro atoms. The predicted octanol–water partition coefficient (Wildman–Crippen LogP) is 4.16. The number of thiophene rings is 1. The van der Waals surface area contributed by atoms with Gasteiger partial charge >= 0.3 is 0 Å². The van der Waals surface area contributed by atoms with Crippen LogP contribution in [0, 0.1) is 0 Å². The van der Waals surface area contributed by atoms with Crippen molar-refractivity contribution in [2.45, 2.75) is 24.3 Å². The van der Waals surface area contributed by atoms with Crippen LogP contribution in [0.25, 0.3) is 0 Å². The number of carbonyl (C=O) groups excluding carboxylic acids is 1. The third-order valence-corrected chi connectivity index (χ3v) is 7.73. The lowest BCUT2D eigenvalue weighted by Crippen LogP contribution is -2.35. The first-order valence-corrected chi connectivity index (χ1v) is 11.8. The Kier molecular flexibility index (Phi) is 5.43. The van der Waals surface area contributed by atoms with Crippen LogP contribution >= 0.6 is 11.3 Å². The molecular weight excluding hydrogens is 404 g/mol. The van der Waals surface area contributed by atoms with Gasteiger partial charge in [-0.05, 0) is 54.1 Å². The molecule has 150 valence electrons. The summed E-state index contributed by atoms with van der Waals surface area (Å²) >= 11 is 1.59. The molecule has 29 heavy (non-hydrogen) atoms. The van der Waals surface area contributed by atoms with Gasteiger partial charge in [-0.1, -0.05) is 30.3 Å². The third-order valence-electron chi connectivity index (χ3n) is 5.06. The highest BCUT2D eigenvalue weighted by molar-refractivity contribution is 7.92. The van der Waals surface area contributed by atoms with Gasteiger partial charge in [0.1, 0.15) is 0 Å². The number of benzene rings is 2. The number of fused-ring (bicyclic) bond motifs is 1. The van der Waals surface area contributed by atoms with Gasteiger partial charge in [0, 0.05) is 24.0 Å². The lowest BCUT2D eigenvalue weighted by atomic mass is 10.0. The van der Waals surface area contributed by atoms with E-state index in [1.54, 1.807) is 41.5 Å². The standard InChI is InChI=1S/C22H22N2O3S2/c1-23(16-19-10-6-14-28-19)22(25)18-8-4-11-20(15-18)29(26,27)24-13-5-9-17-7-2-3-12-21(17)24/h2-4,6-8,10-12,14-15H,5,9,13,16H2,1H3. The maximum absolute atomic E-state index is 13.4. The van der Waals surface area contributed by atoms with E-state index in [1.807, 2.05) is 41.8 Å². The van der Waals surface area contributed by atoms with Crippen LogP contribution in [-0.4, -0.2) is 32.8 Å². The van der Waals surface area contributed by atoms with Crippen LogP contribution in [0.2, 0.25) is 0 Å². The normalized spacial score (nSPS) is 13.8. The Labute approximate surface area is 175 Å². The first-order chi connectivity index (χ1) is 14.0. The summed E-state index contributed by atoms with van der Waals surface area (Å²) in [5.74, 6) is -0.200. The second kappa shape index (κ2) is 8.00. The minimum Gasteiger partial charge on any atom is -0.337 e. The van der Waals surface area contributed by atoms with Gasteiger partial charge in [-0.2, -0.15) is 0 Å². The summed E-state index contributed by atoms with van der Waals surface area (Å²) in [6, 6.07) is 17.9. The molecule has 0 atom stereocenters. The Bertz CT molecular complexity index is 1120. The smallest absolute Gasteiger partial charge is 0.264 e. The van der Waals surface area contributed by atoms with Crippen molar-refractivity contribution >= 4 is 33.0 Å². The van der Waals surface area contributed by atoms with E-state index in [0.717, 1.165) is 29.0 Å². The van der Waals surface area contributed by atoms with Gasteiger partial charge in [0.2, 0.25) is 0 Å². The third kappa shape index (κ3) is 3.93. The molecule has 3 aromatic rings. The predicted molar refractivity (Wildman–Crippen MR) is 116 cm³/mol. The Hall–Kier alpha value is -2.64. The average molecular weight is 427 g/mol. The molecule has 0 fully saturated rings. The number of hydrogen-bond donors (Lipinski definition) is 0. The molecule has 1 aliphatic rings. The van der Waals surface area contributed by atoms with E-state index in [1.165, 1.54) is 10.4 Å². The summed E-state index contributed by atoms with van der Waals surface area (Å²) in [6.45, 7) is 0.933. The second-order valence-corrected chi connectivity index (χ2v) is 9.97. The van der Waals surface area contributed by atoms with Gasteiger partial charge in [0.15, 0.2) is 0 Å². The number of aryl methyl sites for hydroxylation is 1. The molecule has 0 bridgehead atoms. The molecular formula is C22H22N2O3S2. The first-order valence-electron chi connectivity index (χ1n) is 9.45. The van der Waals surface area contributed by atoms with E-state index in [9.17, 15) is 13.2 Å². The second-order valence-electron chi connectivity index (χ2n) is 7.08. The fraction of sp³-hybridized carbons (Fsp3) is 0.227. The van der Waals surface area contributed by atoms with E-state index in [-0.39, 0.29) is 10.8 Å². The van der Waals surface area contributed by atoms with Gasteiger partial charge in [0.05, 0.1) is 17.1 Å². The van der Waals surface area contributed by atoms with Crippen LogP contribution in [-0.2, 0) is 23.0 Å². The summed E-state index contributed by atoms with van der Waals surface area (Å²) in [6.07, 6.45) is 1.65. The molecule has 0 unspecified atom stereocenters. The zero-order chi connectivity index (χ0) is 20.4. The lowest BCUT2D eigenvalue weighted by molar-refractivity contribution is 0.0786. The number of para-hydroxylation sites is 1. The highest BCUT2D eigenvalue weighted by Crippen LogP contribution is 2.32. The monoisotopic (exact) mass is 426 g/mol. The maximum atomic E-state index is 13.4. The number of nitrogens with zero attached hydrogens (tertiary/aromatic N) is 2. The highest BCUT2D eigenvalue weighted by Gasteiger charge is 2.29. The minimum absolute atomic E-state index is 0.143. The summed E-state index contributed by atoms with van der Waals surface area (Å²) in [7, 11) is -2.02. The zero-order valence-electron chi connectivity index (χ0n) is 16.1. The van der Waals surface area contributed by atoms with E-state index < -0.39 is 10.0 Å². The number of rotatable bonds is 5. The molecule has 0 radical (unpaired) electrons. The van der Waals surface area contributed by atoms with Crippen LogP contribution in [0.1, 0.15) is 27.2 Å². The van der Waals surface area contributed by atoms with Gasteiger partial charge < -0.3 is 4.90 Å². The van der Waals surface area contributed by atoms with Crippen LogP contribution in [0.5, 0.6) is 0 Å². The van der Waals surface area contributed by atoms with Gasteiger partial charge in [-0.3, -0.25) is 9.10 Å². The van der Waals surface area contributed by atoms with Crippen molar-refractivity contribution in [2.24, 2.45) is 0 Å². The Morgan fingerprint density at radius 1 is 1.10 bits per heavy atom. The lowest BCUT2D eigenvalue weighted by Gasteiger charge is -2.30. The van der Waals surface area contributed by atoms with Crippen LogP contribution in [0.15, 0.2) is 70.9 Å². The molecule has 0 aliphatic carbocycles. The van der Waals surface area contributed by atoms with Crippen molar-refractivity contribution < 1.29 is 13.2 Å². The van der Waals surface area contributed by atoms with Crippen molar-refractivity contribution in [2.75, 3.05) is 17.9 Å². The molecule has 7 heteroatoms. The van der Waals surface area contributed by atoms with Gasteiger partial charge in [0.25, 0.3) is 15.9 Å². The van der Waals surface area contributed by atoms with Crippen LogP contribution in [0.3, 0.4) is 0 Å².